The quantitative estimate of drug-likeness (QED) is 0.557. The largest absolute Gasteiger partial charge is 0.352 e. The van der Waals surface area contributed by atoms with Gasteiger partial charge in [0.15, 0.2) is 0 Å². The topological polar surface area (TPSA) is 49.4 Å². The molecule has 0 bridgehead atoms. The van der Waals surface area contributed by atoms with Crippen LogP contribution < -0.4 is 5.32 Å². The fourth-order valence-electron chi connectivity index (χ4n) is 4.02. The Bertz CT molecular complexity index is 894. The first kappa shape index (κ1) is 23.6. The number of benzene rings is 2. The molecular formula is C24H27Cl2FN2O2. The molecule has 0 unspecified atom stereocenters. The maximum Gasteiger partial charge on any atom is 0.243 e. The molecule has 0 aromatic heterocycles. The minimum absolute atomic E-state index is 0.0512. The Balaban J connectivity index is 1.86. The Hall–Kier alpha value is -2.11. The summed E-state index contributed by atoms with van der Waals surface area (Å²) in [7, 11) is 0. The number of nitrogens with one attached hydrogen (secondary N) is 1. The van der Waals surface area contributed by atoms with Crippen LogP contribution in [0.5, 0.6) is 0 Å². The van der Waals surface area contributed by atoms with Crippen molar-refractivity contribution in [3.05, 3.63) is 69.5 Å². The van der Waals surface area contributed by atoms with Gasteiger partial charge in [-0.05, 0) is 49.1 Å². The summed E-state index contributed by atoms with van der Waals surface area (Å²) in [6.45, 7) is 2.00. The average molecular weight is 465 g/mol. The summed E-state index contributed by atoms with van der Waals surface area (Å²) in [5, 5.41) is 3.99. The molecule has 0 spiro atoms. The van der Waals surface area contributed by atoms with Crippen molar-refractivity contribution in [2.75, 3.05) is 0 Å². The van der Waals surface area contributed by atoms with Crippen LogP contribution in [0.4, 0.5) is 4.39 Å². The van der Waals surface area contributed by atoms with Gasteiger partial charge in [-0.15, -0.1) is 0 Å². The standard InChI is InChI=1S/C24H27Cl2FN2O2/c1-2-22(24(31)28-18-6-3-4-7-18)29(15-19-20(25)8-5-9-21(19)26)23(30)14-16-10-12-17(27)13-11-16/h5,8-13,18,22H,2-4,6-7,14-15H2,1H3,(H,28,31)/t22-/m1/s1. The minimum atomic E-state index is -0.652. The van der Waals surface area contributed by atoms with Gasteiger partial charge in [0, 0.05) is 28.2 Å². The Kier molecular flexibility index (Phi) is 8.33. The highest BCUT2D eigenvalue weighted by molar-refractivity contribution is 6.36. The highest BCUT2D eigenvalue weighted by atomic mass is 35.5. The van der Waals surface area contributed by atoms with Gasteiger partial charge in [-0.2, -0.15) is 0 Å². The van der Waals surface area contributed by atoms with E-state index < -0.39 is 6.04 Å². The van der Waals surface area contributed by atoms with E-state index in [1.54, 1.807) is 35.2 Å². The predicted molar refractivity (Wildman–Crippen MR) is 122 cm³/mol. The summed E-state index contributed by atoms with van der Waals surface area (Å²) in [6.07, 6.45) is 4.63. The maximum absolute atomic E-state index is 13.3. The number of amides is 2. The summed E-state index contributed by atoms with van der Waals surface area (Å²) < 4.78 is 13.3. The summed E-state index contributed by atoms with van der Waals surface area (Å²) >= 11 is 12.7. The Morgan fingerprint density at radius 3 is 2.29 bits per heavy atom. The number of carbonyl (C=O) groups is 2. The number of rotatable bonds is 8. The van der Waals surface area contributed by atoms with E-state index in [9.17, 15) is 14.0 Å². The van der Waals surface area contributed by atoms with Crippen molar-refractivity contribution in [2.24, 2.45) is 0 Å². The van der Waals surface area contributed by atoms with Gasteiger partial charge in [-0.1, -0.05) is 61.2 Å². The molecule has 7 heteroatoms. The molecule has 1 atom stereocenters. The van der Waals surface area contributed by atoms with Crippen LogP contribution in [0.15, 0.2) is 42.5 Å². The van der Waals surface area contributed by atoms with Gasteiger partial charge < -0.3 is 10.2 Å². The average Bonchev–Trinajstić information content (AvgIpc) is 3.24. The zero-order valence-corrected chi connectivity index (χ0v) is 19.1. The fraction of sp³-hybridized carbons (Fsp3) is 0.417. The second kappa shape index (κ2) is 11.0. The summed E-state index contributed by atoms with van der Waals surface area (Å²) in [6, 6.07) is 10.5. The van der Waals surface area contributed by atoms with Crippen LogP contribution in [-0.4, -0.2) is 28.8 Å². The molecule has 2 aromatic carbocycles. The molecule has 3 rings (SSSR count). The van der Waals surface area contributed by atoms with Crippen LogP contribution in [-0.2, 0) is 22.6 Å². The molecule has 1 fully saturated rings. The van der Waals surface area contributed by atoms with Gasteiger partial charge in [0.25, 0.3) is 0 Å². The minimum Gasteiger partial charge on any atom is -0.352 e. The molecule has 2 amide bonds. The highest BCUT2D eigenvalue weighted by Crippen LogP contribution is 2.27. The van der Waals surface area contributed by atoms with Gasteiger partial charge in [0.1, 0.15) is 11.9 Å². The predicted octanol–water partition coefficient (Wildman–Crippen LogP) is 5.54. The lowest BCUT2D eigenvalue weighted by Crippen LogP contribution is -2.51. The SMILES string of the molecule is CC[C@H](C(=O)NC1CCCC1)N(Cc1c(Cl)cccc1Cl)C(=O)Cc1ccc(F)cc1. The first-order chi connectivity index (χ1) is 14.9. The normalized spacial score (nSPS) is 15.0. The zero-order valence-electron chi connectivity index (χ0n) is 17.5. The van der Waals surface area contributed by atoms with Crippen LogP contribution in [0.2, 0.25) is 10.0 Å². The molecule has 1 aliphatic carbocycles. The molecule has 4 nitrogen and oxygen atoms in total. The van der Waals surface area contributed by atoms with Crippen LogP contribution in [0, 0.1) is 5.82 Å². The molecule has 0 radical (unpaired) electrons. The van der Waals surface area contributed by atoms with Crippen molar-refractivity contribution in [2.45, 2.75) is 64.1 Å². The third kappa shape index (κ3) is 6.20. The number of hydrogen-bond acceptors (Lipinski definition) is 2. The molecule has 0 aliphatic heterocycles. The number of halogens is 3. The summed E-state index contributed by atoms with van der Waals surface area (Å²) in [5.41, 5.74) is 1.28. The number of nitrogens with zero attached hydrogens (tertiary/aromatic N) is 1. The first-order valence-corrected chi connectivity index (χ1v) is 11.4. The number of hydrogen-bond donors (Lipinski definition) is 1. The lowest BCUT2D eigenvalue weighted by Gasteiger charge is -2.32. The van der Waals surface area contributed by atoms with Gasteiger partial charge in [0.05, 0.1) is 6.42 Å². The second-order valence-corrected chi connectivity index (χ2v) is 8.75. The monoisotopic (exact) mass is 464 g/mol. The van der Waals surface area contributed by atoms with Gasteiger partial charge in [0.2, 0.25) is 11.8 Å². The molecule has 2 aromatic rings. The summed E-state index contributed by atoms with van der Waals surface area (Å²) in [4.78, 5) is 28.0. The third-order valence-corrected chi connectivity index (χ3v) is 6.45. The molecular weight excluding hydrogens is 438 g/mol. The van der Waals surface area contributed by atoms with Crippen molar-refractivity contribution in [1.82, 2.24) is 10.2 Å². The molecule has 1 saturated carbocycles. The molecule has 1 aliphatic rings. The zero-order chi connectivity index (χ0) is 22.4. The smallest absolute Gasteiger partial charge is 0.243 e. The van der Waals surface area contributed by atoms with E-state index in [2.05, 4.69) is 5.32 Å². The Labute approximate surface area is 192 Å². The molecule has 31 heavy (non-hydrogen) atoms. The van der Waals surface area contributed by atoms with Crippen molar-refractivity contribution in [3.63, 3.8) is 0 Å². The van der Waals surface area contributed by atoms with E-state index in [1.807, 2.05) is 6.92 Å². The van der Waals surface area contributed by atoms with Crippen molar-refractivity contribution >= 4 is 35.0 Å². The van der Waals surface area contributed by atoms with E-state index in [1.165, 1.54) is 12.1 Å². The molecule has 0 saturated heterocycles. The molecule has 1 N–H and O–H groups in total. The lowest BCUT2D eigenvalue weighted by atomic mass is 10.1. The van der Waals surface area contributed by atoms with Crippen LogP contribution in [0.1, 0.15) is 50.2 Å². The first-order valence-electron chi connectivity index (χ1n) is 10.7. The van der Waals surface area contributed by atoms with Gasteiger partial charge >= 0.3 is 0 Å². The van der Waals surface area contributed by atoms with Crippen molar-refractivity contribution in [3.8, 4) is 0 Å². The van der Waals surface area contributed by atoms with Gasteiger partial charge in [-0.25, -0.2) is 4.39 Å². The van der Waals surface area contributed by atoms with Crippen LogP contribution in [0.3, 0.4) is 0 Å². The fourth-order valence-corrected chi connectivity index (χ4v) is 4.54. The Morgan fingerprint density at radius 1 is 1.10 bits per heavy atom. The highest BCUT2D eigenvalue weighted by Gasteiger charge is 2.31. The lowest BCUT2D eigenvalue weighted by molar-refractivity contribution is -0.141. The van der Waals surface area contributed by atoms with E-state index in [0.717, 1.165) is 25.7 Å². The van der Waals surface area contributed by atoms with E-state index in [4.69, 9.17) is 23.2 Å². The van der Waals surface area contributed by atoms with Crippen molar-refractivity contribution < 1.29 is 14.0 Å². The third-order valence-electron chi connectivity index (χ3n) is 5.75. The van der Waals surface area contributed by atoms with Crippen LogP contribution >= 0.6 is 23.2 Å². The van der Waals surface area contributed by atoms with Crippen molar-refractivity contribution in [1.29, 1.82) is 0 Å². The second-order valence-electron chi connectivity index (χ2n) is 7.94. The van der Waals surface area contributed by atoms with E-state index in [0.29, 0.717) is 27.6 Å². The van der Waals surface area contributed by atoms with E-state index >= 15 is 0 Å². The van der Waals surface area contributed by atoms with Gasteiger partial charge in [-0.3, -0.25) is 9.59 Å². The summed E-state index contributed by atoms with van der Waals surface area (Å²) in [5.74, 6) is -0.765. The van der Waals surface area contributed by atoms with E-state index in [-0.39, 0.29) is 36.6 Å². The number of carbonyl (C=O) groups excluding carboxylic acids is 2. The maximum atomic E-state index is 13.3. The van der Waals surface area contributed by atoms with Crippen LogP contribution in [0.25, 0.3) is 0 Å². The molecule has 0 heterocycles. The Morgan fingerprint density at radius 2 is 1.71 bits per heavy atom. The molecule has 166 valence electrons.